The molecule has 5 aromatic heterocycles. The van der Waals surface area contributed by atoms with Crippen molar-refractivity contribution in [3.05, 3.63) is 79.1 Å². The highest BCUT2D eigenvalue weighted by molar-refractivity contribution is 6.00. The second-order valence-corrected chi connectivity index (χ2v) is 9.20. The summed E-state index contributed by atoms with van der Waals surface area (Å²) in [5.41, 5.74) is 7.21. The minimum atomic E-state index is -0.313. The Bertz CT molecular complexity index is 1700. The molecule has 6 aromatic rings. The Kier molecular flexibility index (Phi) is 5.82. The number of benzene rings is 1. The van der Waals surface area contributed by atoms with E-state index in [1.54, 1.807) is 12.4 Å². The number of fused-ring (bicyclic) bond motifs is 2. The van der Waals surface area contributed by atoms with E-state index in [-0.39, 0.29) is 5.82 Å². The summed E-state index contributed by atoms with van der Waals surface area (Å²) < 4.78 is 14.6. The summed E-state index contributed by atoms with van der Waals surface area (Å²) in [6.45, 7) is 1.55. The Morgan fingerprint density at radius 2 is 1.81 bits per heavy atom. The number of anilines is 1. The Hall–Kier alpha value is -4.63. The number of aromatic amines is 2. The average molecular weight is 493 g/mol. The Morgan fingerprint density at radius 3 is 2.65 bits per heavy atom. The van der Waals surface area contributed by atoms with Crippen molar-refractivity contribution in [3.63, 3.8) is 0 Å². The Labute approximate surface area is 212 Å². The number of likely N-dealkylation sites (N-methyl/N-ethyl adjacent to an activating group) is 1. The zero-order valence-electron chi connectivity index (χ0n) is 20.5. The van der Waals surface area contributed by atoms with E-state index < -0.39 is 0 Å². The van der Waals surface area contributed by atoms with Crippen LogP contribution in [-0.4, -0.2) is 62.2 Å². The zero-order chi connectivity index (χ0) is 25.4. The molecule has 0 bridgehead atoms. The summed E-state index contributed by atoms with van der Waals surface area (Å²) in [7, 11) is 4.01. The summed E-state index contributed by atoms with van der Waals surface area (Å²) in [5.74, 6) is -0.313. The molecule has 37 heavy (non-hydrogen) atoms. The van der Waals surface area contributed by atoms with Crippen molar-refractivity contribution >= 4 is 27.6 Å². The van der Waals surface area contributed by atoms with Crippen LogP contribution < -0.4 is 5.32 Å². The van der Waals surface area contributed by atoms with E-state index in [1.165, 1.54) is 12.1 Å². The first-order valence-corrected chi connectivity index (χ1v) is 12.0. The van der Waals surface area contributed by atoms with E-state index in [9.17, 15) is 4.39 Å². The lowest BCUT2D eigenvalue weighted by Gasteiger charge is -2.12. The average Bonchev–Trinajstić information content (AvgIpc) is 3.52. The molecule has 0 aliphatic heterocycles. The van der Waals surface area contributed by atoms with E-state index in [0.717, 1.165) is 51.0 Å². The molecule has 0 radical (unpaired) electrons. The van der Waals surface area contributed by atoms with Gasteiger partial charge < -0.3 is 15.2 Å². The van der Waals surface area contributed by atoms with Crippen LogP contribution >= 0.6 is 0 Å². The van der Waals surface area contributed by atoms with Crippen LogP contribution in [0, 0.1) is 5.82 Å². The molecule has 3 N–H and O–H groups in total. The summed E-state index contributed by atoms with van der Waals surface area (Å²) in [5, 5.41) is 12.6. The van der Waals surface area contributed by atoms with Gasteiger partial charge in [0.1, 0.15) is 11.5 Å². The molecule has 5 heterocycles. The molecule has 6 rings (SSSR count). The lowest BCUT2D eigenvalue weighted by atomic mass is 10.1. The van der Waals surface area contributed by atoms with Crippen molar-refractivity contribution in [1.82, 2.24) is 35.0 Å². The normalized spacial score (nSPS) is 11.6. The highest BCUT2D eigenvalue weighted by Crippen LogP contribution is 2.34. The highest BCUT2D eigenvalue weighted by atomic mass is 19.1. The van der Waals surface area contributed by atoms with Gasteiger partial charge in [-0.05, 0) is 56.6 Å². The van der Waals surface area contributed by atoms with Crippen molar-refractivity contribution in [3.8, 4) is 33.8 Å². The third-order valence-corrected chi connectivity index (χ3v) is 6.27. The van der Waals surface area contributed by atoms with Crippen LogP contribution in [0.2, 0.25) is 0 Å². The zero-order valence-corrected chi connectivity index (χ0v) is 20.5. The van der Waals surface area contributed by atoms with Gasteiger partial charge in [0, 0.05) is 76.5 Å². The van der Waals surface area contributed by atoms with E-state index in [2.05, 4.69) is 46.4 Å². The van der Waals surface area contributed by atoms with Crippen molar-refractivity contribution < 1.29 is 4.39 Å². The van der Waals surface area contributed by atoms with Gasteiger partial charge >= 0.3 is 0 Å². The summed E-state index contributed by atoms with van der Waals surface area (Å²) >= 11 is 0. The van der Waals surface area contributed by atoms with E-state index in [4.69, 9.17) is 0 Å². The van der Waals surface area contributed by atoms with Crippen LogP contribution in [0.3, 0.4) is 0 Å². The van der Waals surface area contributed by atoms with Crippen LogP contribution in [0.1, 0.15) is 0 Å². The second-order valence-electron chi connectivity index (χ2n) is 9.20. The number of pyridine rings is 3. The molecule has 9 heteroatoms. The molecule has 0 unspecified atom stereocenters. The summed E-state index contributed by atoms with van der Waals surface area (Å²) in [4.78, 5) is 18.9. The minimum absolute atomic E-state index is 0.313. The van der Waals surface area contributed by atoms with Crippen LogP contribution in [0.15, 0.2) is 73.3 Å². The highest BCUT2D eigenvalue weighted by Gasteiger charge is 2.16. The van der Waals surface area contributed by atoms with Gasteiger partial charge in [0.25, 0.3) is 0 Å². The standard InChI is InChI=1S/C28H25FN8/c1-37(2)9-8-31-21-11-18(10-20(29)13-21)26-22-14-25(34-24(22)5-7-32-26)27-23-12-19(16-33-28(23)36-35-27)17-4-3-6-30-15-17/h3-7,10-16,31,34H,8-9H2,1-2H3,(H,33,35,36). The molecule has 1 aromatic carbocycles. The molecule has 8 nitrogen and oxygen atoms in total. The van der Waals surface area contributed by atoms with Crippen LogP contribution in [-0.2, 0) is 0 Å². The van der Waals surface area contributed by atoms with Crippen LogP contribution in [0.4, 0.5) is 10.1 Å². The van der Waals surface area contributed by atoms with Crippen LogP contribution in [0.25, 0.3) is 55.7 Å². The lowest BCUT2D eigenvalue weighted by Crippen LogP contribution is -2.20. The van der Waals surface area contributed by atoms with Crippen molar-refractivity contribution in [2.24, 2.45) is 0 Å². The van der Waals surface area contributed by atoms with Gasteiger partial charge in [0.2, 0.25) is 0 Å². The molecule has 0 amide bonds. The number of H-pyrrole nitrogens is 2. The first kappa shape index (κ1) is 22.8. The molecule has 184 valence electrons. The predicted molar refractivity (Wildman–Crippen MR) is 145 cm³/mol. The first-order chi connectivity index (χ1) is 18.0. The molecule has 0 aliphatic rings. The fourth-order valence-corrected chi connectivity index (χ4v) is 4.46. The van der Waals surface area contributed by atoms with Gasteiger partial charge in [0.05, 0.1) is 11.4 Å². The van der Waals surface area contributed by atoms with Crippen molar-refractivity contribution in [1.29, 1.82) is 0 Å². The first-order valence-electron chi connectivity index (χ1n) is 12.0. The number of hydrogen-bond acceptors (Lipinski definition) is 6. The van der Waals surface area contributed by atoms with E-state index >= 15 is 0 Å². The number of aromatic nitrogens is 6. The third-order valence-electron chi connectivity index (χ3n) is 6.27. The SMILES string of the molecule is CN(C)CCNc1cc(F)cc(-c2nccc3[nH]c(-c4n[nH]c5ncc(-c6cccnc6)cc45)cc23)c1. The summed E-state index contributed by atoms with van der Waals surface area (Å²) in [6.07, 6.45) is 7.09. The van der Waals surface area contributed by atoms with E-state index in [1.807, 2.05) is 56.8 Å². The molecular formula is C28H25FN8. The molecular weight excluding hydrogens is 467 g/mol. The maximum Gasteiger partial charge on any atom is 0.155 e. The number of nitrogens with zero attached hydrogens (tertiary/aromatic N) is 5. The number of hydrogen-bond donors (Lipinski definition) is 3. The third kappa shape index (κ3) is 4.52. The molecule has 0 saturated heterocycles. The largest absolute Gasteiger partial charge is 0.384 e. The van der Waals surface area contributed by atoms with Gasteiger partial charge in [-0.1, -0.05) is 6.07 Å². The molecule has 0 fully saturated rings. The predicted octanol–water partition coefficient (Wildman–Crippen LogP) is 5.34. The maximum atomic E-state index is 14.6. The molecule has 0 saturated carbocycles. The molecule has 0 atom stereocenters. The summed E-state index contributed by atoms with van der Waals surface area (Å²) in [6, 6.07) is 14.8. The number of halogens is 1. The smallest absolute Gasteiger partial charge is 0.155 e. The Balaban J connectivity index is 1.41. The maximum absolute atomic E-state index is 14.6. The topological polar surface area (TPSA) is 98.4 Å². The number of rotatable bonds is 7. The molecule has 0 spiro atoms. The van der Waals surface area contributed by atoms with Gasteiger partial charge in [-0.25, -0.2) is 9.37 Å². The van der Waals surface area contributed by atoms with Crippen molar-refractivity contribution in [2.75, 3.05) is 32.5 Å². The fraction of sp³-hybridized carbons (Fsp3) is 0.143. The fourth-order valence-electron chi connectivity index (χ4n) is 4.46. The second kappa shape index (κ2) is 9.44. The van der Waals surface area contributed by atoms with Crippen LogP contribution in [0.5, 0.6) is 0 Å². The minimum Gasteiger partial charge on any atom is -0.384 e. The Morgan fingerprint density at radius 1 is 0.892 bits per heavy atom. The monoisotopic (exact) mass is 492 g/mol. The van der Waals surface area contributed by atoms with Gasteiger partial charge in [-0.2, -0.15) is 5.10 Å². The quantitative estimate of drug-likeness (QED) is 0.278. The van der Waals surface area contributed by atoms with Crippen molar-refractivity contribution in [2.45, 2.75) is 0 Å². The number of nitrogens with one attached hydrogen (secondary N) is 3. The van der Waals surface area contributed by atoms with E-state index in [0.29, 0.717) is 23.4 Å². The molecule has 0 aliphatic carbocycles. The van der Waals surface area contributed by atoms with Gasteiger partial charge in [-0.15, -0.1) is 0 Å². The van der Waals surface area contributed by atoms with Gasteiger partial charge in [-0.3, -0.25) is 15.1 Å². The lowest BCUT2D eigenvalue weighted by molar-refractivity contribution is 0.425. The van der Waals surface area contributed by atoms with Gasteiger partial charge in [0.15, 0.2) is 5.65 Å².